The molecular formula is C29H23N7O3. The van der Waals surface area contributed by atoms with Crippen LogP contribution in [0.4, 0.5) is 5.82 Å². The molecule has 39 heavy (non-hydrogen) atoms. The Hall–Kier alpha value is -5.38. The molecule has 0 amide bonds. The maximum absolute atomic E-state index is 14.3. The third-order valence-corrected chi connectivity index (χ3v) is 6.56. The van der Waals surface area contributed by atoms with Crippen LogP contribution in [0.3, 0.4) is 0 Å². The van der Waals surface area contributed by atoms with Crippen LogP contribution in [0.5, 0.6) is 6.01 Å². The molecule has 0 saturated heterocycles. The first-order chi connectivity index (χ1) is 19.0. The molecule has 1 unspecified atom stereocenters. The maximum Gasteiger partial charge on any atom is 0.316 e. The molecule has 0 saturated carbocycles. The molecule has 6 rings (SSSR count). The van der Waals surface area contributed by atoms with Gasteiger partial charge in [-0.1, -0.05) is 36.4 Å². The van der Waals surface area contributed by atoms with Crippen molar-refractivity contribution < 1.29 is 4.74 Å². The van der Waals surface area contributed by atoms with Crippen molar-refractivity contribution in [2.75, 3.05) is 12.4 Å². The Labute approximate surface area is 222 Å². The minimum absolute atomic E-state index is 0.195. The third-order valence-electron chi connectivity index (χ3n) is 6.56. The van der Waals surface area contributed by atoms with Crippen molar-refractivity contribution in [3.8, 4) is 22.8 Å². The highest BCUT2D eigenvalue weighted by molar-refractivity contribution is 5.96. The fourth-order valence-corrected chi connectivity index (χ4v) is 4.74. The summed E-state index contributed by atoms with van der Waals surface area (Å²) in [6.45, 7) is 1.92. The van der Waals surface area contributed by atoms with Crippen molar-refractivity contribution in [3.05, 3.63) is 112 Å². The van der Waals surface area contributed by atoms with Gasteiger partial charge in [-0.05, 0) is 36.1 Å². The average Bonchev–Trinajstić information content (AvgIpc) is 2.97. The number of para-hydroxylation sites is 1. The van der Waals surface area contributed by atoms with Crippen LogP contribution in [-0.2, 0) is 0 Å². The zero-order chi connectivity index (χ0) is 26.9. The van der Waals surface area contributed by atoms with Gasteiger partial charge < -0.3 is 15.0 Å². The molecule has 6 aromatic rings. The summed E-state index contributed by atoms with van der Waals surface area (Å²) in [5, 5.41) is 4.98. The number of nitrogens with zero attached hydrogens (tertiary/aromatic N) is 5. The molecule has 0 radical (unpaired) electrons. The molecule has 10 nitrogen and oxygen atoms in total. The molecule has 1 atom stereocenters. The topological polar surface area (TPSA) is 128 Å². The van der Waals surface area contributed by atoms with E-state index in [0.717, 1.165) is 5.39 Å². The monoisotopic (exact) mass is 517 g/mol. The molecule has 0 spiro atoms. The van der Waals surface area contributed by atoms with Gasteiger partial charge in [-0.15, -0.1) is 0 Å². The Balaban J connectivity index is 1.56. The summed E-state index contributed by atoms with van der Waals surface area (Å²) >= 11 is 0. The number of nitrogens with one attached hydrogen (secondary N) is 2. The van der Waals surface area contributed by atoms with Crippen LogP contribution in [0.2, 0.25) is 0 Å². The number of fused-ring (bicyclic) bond motifs is 2. The lowest BCUT2D eigenvalue weighted by Gasteiger charge is -2.22. The Morgan fingerprint density at radius 2 is 1.72 bits per heavy atom. The van der Waals surface area contributed by atoms with Gasteiger partial charge >= 0.3 is 6.01 Å². The molecule has 2 N–H and O–H groups in total. The van der Waals surface area contributed by atoms with Crippen molar-refractivity contribution in [2.24, 2.45) is 0 Å². The summed E-state index contributed by atoms with van der Waals surface area (Å²) in [5.41, 5.74) is 2.84. The van der Waals surface area contributed by atoms with Crippen LogP contribution in [-0.4, -0.2) is 36.6 Å². The number of methoxy groups -OCH3 is 1. The van der Waals surface area contributed by atoms with Crippen molar-refractivity contribution in [1.29, 1.82) is 0 Å². The van der Waals surface area contributed by atoms with E-state index < -0.39 is 6.04 Å². The first-order valence-corrected chi connectivity index (χ1v) is 12.2. The number of rotatable bonds is 6. The molecule has 4 heterocycles. The predicted octanol–water partition coefficient (Wildman–Crippen LogP) is 4.26. The van der Waals surface area contributed by atoms with Crippen LogP contribution in [0.25, 0.3) is 38.6 Å². The number of ether oxygens (including phenoxy) is 1. The van der Waals surface area contributed by atoms with Crippen LogP contribution in [0.1, 0.15) is 18.7 Å². The average molecular weight is 518 g/mol. The summed E-state index contributed by atoms with van der Waals surface area (Å²) in [6.07, 6.45) is 6.22. The fourth-order valence-electron chi connectivity index (χ4n) is 4.74. The maximum atomic E-state index is 14.3. The van der Waals surface area contributed by atoms with Gasteiger partial charge in [0, 0.05) is 41.6 Å². The molecule has 0 bridgehead atoms. The van der Waals surface area contributed by atoms with Crippen LogP contribution in [0.15, 0.2) is 95.2 Å². The van der Waals surface area contributed by atoms with Gasteiger partial charge in [0.25, 0.3) is 5.56 Å². The smallest absolute Gasteiger partial charge is 0.316 e. The normalized spacial score (nSPS) is 11.9. The Morgan fingerprint density at radius 1 is 0.923 bits per heavy atom. The Bertz CT molecular complexity index is 1930. The van der Waals surface area contributed by atoms with Gasteiger partial charge in [-0.2, -0.15) is 0 Å². The molecular weight excluding hydrogens is 494 g/mol. The van der Waals surface area contributed by atoms with Gasteiger partial charge in [0.2, 0.25) is 0 Å². The molecule has 0 fully saturated rings. The van der Waals surface area contributed by atoms with Crippen LogP contribution >= 0.6 is 0 Å². The number of hydrogen-bond acceptors (Lipinski definition) is 8. The zero-order valence-electron chi connectivity index (χ0n) is 21.1. The van der Waals surface area contributed by atoms with Crippen molar-refractivity contribution in [3.63, 3.8) is 0 Å². The highest BCUT2D eigenvalue weighted by Gasteiger charge is 2.20. The van der Waals surface area contributed by atoms with E-state index in [4.69, 9.17) is 4.74 Å². The number of hydrogen-bond donors (Lipinski definition) is 2. The lowest BCUT2D eigenvalue weighted by molar-refractivity contribution is 0.380. The summed E-state index contributed by atoms with van der Waals surface area (Å²) in [5.74, 6) is 0.380. The number of pyridine rings is 2. The van der Waals surface area contributed by atoms with E-state index >= 15 is 0 Å². The Morgan fingerprint density at radius 3 is 2.49 bits per heavy atom. The van der Waals surface area contributed by atoms with E-state index in [2.05, 4.69) is 30.2 Å². The largest absolute Gasteiger partial charge is 0.467 e. The van der Waals surface area contributed by atoms with E-state index in [-0.39, 0.29) is 17.0 Å². The minimum Gasteiger partial charge on any atom is -0.467 e. The summed E-state index contributed by atoms with van der Waals surface area (Å²) < 4.78 is 6.77. The molecule has 10 heteroatoms. The molecule has 192 valence electrons. The van der Waals surface area contributed by atoms with E-state index in [1.165, 1.54) is 19.5 Å². The molecule has 0 aliphatic carbocycles. The number of anilines is 1. The molecule has 0 aliphatic rings. The summed E-state index contributed by atoms with van der Waals surface area (Å²) in [7, 11) is 1.50. The Kier molecular flexibility index (Phi) is 6.04. The van der Waals surface area contributed by atoms with Gasteiger partial charge in [0.05, 0.1) is 18.5 Å². The lowest BCUT2D eigenvalue weighted by Crippen LogP contribution is -2.26. The standard InChI is InChI=1S/C29H23N7O3/c1-17(35-27-25-23(37)11-12-30-26(25)33-16-34-27)22-13-18-7-6-10-21(19-14-31-29(39-2)32-15-19)24(18)28(38)36(22)20-8-4-3-5-9-20/h3-17H,1-2H3,(H2,30,33,34,35,37). The van der Waals surface area contributed by atoms with Crippen molar-refractivity contribution in [2.45, 2.75) is 13.0 Å². The quantitative estimate of drug-likeness (QED) is 0.335. The van der Waals surface area contributed by atoms with Crippen LogP contribution < -0.4 is 21.0 Å². The minimum atomic E-state index is -0.409. The number of H-pyrrole nitrogens is 1. The van der Waals surface area contributed by atoms with Gasteiger partial charge in [-0.3, -0.25) is 14.2 Å². The van der Waals surface area contributed by atoms with E-state index in [9.17, 15) is 9.59 Å². The lowest BCUT2D eigenvalue weighted by atomic mass is 9.99. The first kappa shape index (κ1) is 24.0. The second-order valence-corrected chi connectivity index (χ2v) is 8.93. The predicted molar refractivity (Wildman–Crippen MR) is 149 cm³/mol. The molecule has 2 aromatic carbocycles. The van der Waals surface area contributed by atoms with Crippen LogP contribution in [0, 0.1) is 0 Å². The van der Waals surface area contributed by atoms with Gasteiger partial charge in [0.15, 0.2) is 5.43 Å². The number of aromatic amines is 1. The number of aromatic nitrogens is 6. The fraction of sp³-hybridized carbons (Fsp3) is 0.103. The summed E-state index contributed by atoms with van der Waals surface area (Å²) in [4.78, 5) is 46.8. The first-order valence-electron chi connectivity index (χ1n) is 12.2. The second-order valence-electron chi connectivity index (χ2n) is 8.93. The zero-order valence-corrected chi connectivity index (χ0v) is 21.1. The van der Waals surface area contributed by atoms with Crippen molar-refractivity contribution in [1.82, 2.24) is 29.5 Å². The highest BCUT2D eigenvalue weighted by Crippen LogP contribution is 2.30. The van der Waals surface area contributed by atoms with E-state index in [0.29, 0.717) is 44.7 Å². The third kappa shape index (κ3) is 4.27. The summed E-state index contributed by atoms with van der Waals surface area (Å²) in [6, 6.07) is 18.4. The highest BCUT2D eigenvalue weighted by atomic mass is 16.5. The van der Waals surface area contributed by atoms with Crippen molar-refractivity contribution >= 4 is 27.6 Å². The molecule has 4 aromatic heterocycles. The number of benzene rings is 2. The second kappa shape index (κ2) is 9.82. The van der Waals surface area contributed by atoms with E-state index in [1.807, 2.05) is 61.5 Å². The van der Waals surface area contributed by atoms with Gasteiger partial charge in [-0.25, -0.2) is 19.9 Å². The van der Waals surface area contributed by atoms with E-state index in [1.54, 1.807) is 23.2 Å². The SMILES string of the molecule is COc1ncc(-c2cccc3cc(C(C)Nc4ncnc5[nH]ccc(=O)c45)n(-c4ccccc4)c(=O)c23)cn1. The van der Waals surface area contributed by atoms with Gasteiger partial charge in [0.1, 0.15) is 23.2 Å². The molecule has 0 aliphatic heterocycles.